The molecule has 2 heterocycles. The first-order valence-corrected chi connectivity index (χ1v) is 8.13. The van der Waals surface area contributed by atoms with Crippen LogP contribution in [0.3, 0.4) is 0 Å². The molecule has 0 aromatic heterocycles. The molecule has 1 fully saturated rings. The molecule has 6 heteroatoms. The molecule has 0 saturated carbocycles. The SMILES string of the molecule is CN1C(=O)Cc2cc(NCCCN3CCOCC3)ccc2C1=O. The van der Waals surface area contributed by atoms with Gasteiger partial charge in [-0.3, -0.25) is 19.4 Å². The van der Waals surface area contributed by atoms with Crippen molar-refractivity contribution in [2.24, 2.45) is 0 Å². The monoisotopic (exact) mass is 317 g/mol. The second-order valence-electron chi connectivity index (χ2n) is 6.04. The summed E-state index contributed by atoms with van der Waals surface area (Å²) in [4.78, 5) is 27.4. The summed E-state index contributed by atoms with van der Waals surface area (Å²) in [6, 6.07) is 5.65. The predicted molar refractivity (Wildman–Crippen MR) is 87.6 cm³/mol. The standard InChI is InChI=1S/C17H23N3O3/c1-19-16(21)12-13-11-14(3-4-15(13)17(19)22)18-5-2-6-20-7-9-23-10-8-20/h3-4,11,18H,2,5-10,12H2,1H3. The fourth-order valence-electron chi connectivity index (χ4n) is 2.99. The van der Waals surface area contributed by atoms with E-state index in [0.717, 1.165) is 57.1 Å². The highest BCUT2D eigenvalue weighted by Gasteiger charge is 2.27. The zero-order chi connectivity index (χ0) is 16.2. The maximum atomic E-state index is 12.0. The average molecular weight is 317 g/mol. The van der Waals surface area contributed by atoms with Crippen LogP contribution in [0.2, 0.25) is 0 Å². The molecule has 0 unspecified atom stereocenters. The molecule has 1 aromatic rings. The van der Waals surface area contributed by atoms with Crippen molar-refractivity contribution in [2.45, 2.75) is 12.8 Å². The van der Waals surface area contributed by atoms with E-state index in [1.807, 2.05) is 18.2 Å². The maximum absolute atomic E-state index is 12.0. The minimum absolute atomic E-state index is 0.146. The number of benzene rings is 1. The van der Waals surface area contributed by atoms with Crippen molar-refractivity contribution in [3.05, 3.63) is 29.3 Å². The van der Waals surface area contributed by atoms with Gasteiger partial charge in [0, 0.05) is 37.9 Å². The largest absolute Gasteiger partial charge is 0.385 e. The van der Waals surface area contributed by atoms with Gasteiger partial charge in [0.25, 0.3) is 5.91 Å². The van der Waals surface area contributed by atoms with Crippen molar-refractivity contribution < 1.29 is 14.3 Å². The number of carbonyl (C=O) groups excluding carboxylic acids is 2. The zero-order valence-electron chi connectivity index (χ0n) is 13.5. The smallest absolute Gasteiger partial charge is 0.260 e. The predicted octanol–water partition coefficient (Wildman–Crippen LogP) is 0.976. The van der Waals surface area contributed by atoms with Gasteiger partial charge in [-0.15, -0.1) is 0 Å². The maximum Gasteiger partial charge on any atom is 0.260 e. The van der Waals surface area contributed by atoms with Gasteiger partial charge < -0.3 is 10.1 Å². The molecule has 0 bridgehead atoms. The fraction of sp³-hybridized carbons (Fsp3) is 0.529. The van der Waals surface area contributed by atoms with E-state index in [4.69, 9.17) is 4.74 Å². The third-order valence-electron chi connectivity index (χ3n) is 4.44. The van der Waals surface area contributed by atoms with Crippen molar-refractivity contribution in [3.63, 3.8) is 0 Å². The number of imide groups is 1. The molecule has 0 atom stereocenters. The van der Waals surface area contributed by atoms with Crippen LogP contribution in [0.25, 0.3) is 0 Å². The summed E-state index contributed by atoms with van der Waals surface area (Å²) in [5.41, 5.74) is 2.41. The lowest BCUT2D eigenvalue weighted by Gasteiger charge is -2.26. The first-order valence-electron chi connectivity index (χ1n) is 8.13. The zero-order valence-corrected chi connectivity index (χ0v) is 13.5. The average Bonchev–Trinajstić information content (AvgIpc) is 2.57. The number of morpholine rings is 1. The molecule has 124 valence electrons. The van der Waals surface area contributed by atoms with Crippen molar-refractivity contribution in [3.8, 4) is 0 Å². The minimum atomic E-state index is -0.213. The third kappa shape index (κ3) is 3.71. The molecule has 2 amide bonds. The van der Waals surface area contributed by atoms with Gasteiger partial charge in [-0.2, -0.15) is 0 Å². The lowest BCUT2D eigenvalue weighted by Crippen LogP contribution is -2.39. The number of ether oxygens (including phenoxy) is 1. The Labute approximate surface area is 136 Å². The molecule has 0 aliphatic carbocycles. The molecule has 2 aliphatic rings. The Balaban J connectivity index is 1.52. The minimum Gasteiger partial charge on any atom is -0.385 e. The number of anilines is 1. The number of nitrogens with one attached hydrogen (secondary N) is 1. The van der Waals surface area contributed by atoms with Gasteiger partial charge in [-0.25, -0.2) is 0 Å². The number of nitrogens with zero attached hydrogens (tertiary/aromatic N) is 2. The highest BCUT2D eigenvalue weighted by atomic mass is 16.5. The van der Waals surface area contributed by atoms with E-state index in [2.05, 4.69) is 10.2 Å². The number of rotatable bonds is 5. The molecular formula is C17H23N3O3. The van der Waals surface area contributed by atoms with Gasteiger partial charge in [0.15, 0.2) is 0 Å². The molecule has 0 spiro atoms. The van der Waals surface area contributed by atoms with E-state index in [9.17, 15) is 9.59 Å². The molecule has 3 rings (SSSR count). The molecule has 0 radical (unpaired) electrons. The summed E-state index contributed by atoms with van der Waals surface area (Å²) in [6.45, 7) is 5.61. The Morgan fingerprint density at radius 1 is 1.22 bits per heavy atom. The highest BCUT2D eigenvalue weighted by molar-refractivity contribution is 6.09. The van der Waals surface area contributed by atoms with Gasteiger partial charge >= 0.3 is 0 Å². The van der Waals surface area contributed by atoms with Crippen LogP contribution < -0.4 is 5.32 Å². The summed E-state index contributed by atoms with van der Waals surface area (Å²) >= 11 is 0. The van der Waals surface area contributed by atoms with E-state index >= 15 is 0 Å². The summed E-state index contributed by atoms with van der Waals surface area (Å²) < 4.78 is 5.34. The van der Waals surface area contributed by atoms with Crippen LogP contribution in [-0.4, -0.2) is 68.1 Å². The Hall–Kier alpha value is -1.92. The number of fused-ring (bicyclic) bond motifs is 1. The summed E-state index contributed by atoms with van der Waals surface area (Å²) in [5, 5.41) is 3.38. The summed E-state index contributed by atoms with van der Waals surface area (Å²) in [5.74, 6) is -0.359. The van der Waals surface area contributed by atoms with Crippen LogP contribution in [0, 0.1) is 0 Å². The van der Waals surface area contributed by atoms with Crippen LogP contribution in [0.1, 0.15) is 22.3 Å². The van der Waals surface area contributed by atoms with Gasteiger partial charge in [-0.05, 0) is 36.7 Å². The quantitative estimate of drug-likeness (QED) is 0.648. The number of likely N-dealkylation sites (N-methyl/N-ethyl adjacent to an activating group) is 1. The Bertz CT molecular complexity index is 597. The van der Waals surface area contributed by atoms with E-state index < -0.39 is 0 Å². The van der Waals surface area contributed by atoms with Crippen molar-refractivity contribution in [1.29, 1.82) is 0 Å². The lowest BCUT2D eigenvalue weighted by molar-refractivity contribution is -0.127. The van der Waals surface area contributed by atoms with E-state index in [1.54, 1.807) is 0 Å². The molecular weight excluding hydrogens is 294 g/mol. The van der Waals surface area contributed by atoms with E-state index in [-0.39, 0.29) is 11.8 Å². The first kappa shape index (κ1) is 16.0. The first-order chi connectivity index (χ1) is 11.1. The van der Waals surface area contributed by atoms with Gasteiger partial charge in [0.1, 0.15) is 0 Å². The molecule has 1 N–H and O–H groups in total. The Morgan fingerprint density at radius 2 is 2.00 bits per heavy atom. The van der Waals surface area contributed by atoms with E-state index in [1.165, 1.54) is 11.9 Å². The van der Waals surface area contributed by atoms with Gasteiger partial charge in [0.05, 0.1) is 19.6 Å². The molecule has 23 heavy (non-hydrogen) atoms. The van der Waals surface area contributed by atoms with Crippen LogP contribution in [0.4, 0.5) is 5.69 Å². The Morgan fingerprint density at radius 3 is 2.78 bits per heavy atom. The number of carbonyl (C=O) groups is 2. The van der Waals surface area contributed by atoms with Crippen LogP contribution in [0.15, 0.2) is 18.2 Å². The summed E-state index contributed by atoms with van der Waals surface area (Å²) in [7, 11) is 1.53. The van der Waals surface area contributed by atoms with Crippen molar-refractivity contribution in [2.75, 3.05) is 51.8 Å². The third-order valence-corrected chi connectivity index (χ3v) is 4.44. The molecule has 1 saturated heterocycles. The van der Waals surface area contributed by atoms with Gasteiger partial charge in [0.2, 0.25) is 5.91 Å². The fourth-order valence-corrected chi connectivity index (χ4v) is 2.99. The normalized spacial score (nSPS) is 18.9. The second-order valence-corrected chi connectivity index (χ2v) is 6.04. The van der Waals surface area contributed by atoms with Crippen LogP contribution in [-0.2, 0) is 16.0 Å². The second kappa shape index (κ2) is 7.10. The number of hydrogen-bond acceptors (Lipinski definition) is 5. The van der Waals surface area contributed by atoms with Crippen molar-refractivity contribution in [1.82, 2.24) is 9.80 Å². The number of hydrogen-bond donors (Lipinski definition) is 1. The van der Waals surface area contributed by atoms with Crippen LogP contribution >= 0.6 is 0 Å². The van der Waals surface area contributed by atoms with Gasteiger partial charge in [-0.1, -0.05) is 0 Å². The Kier molecular flexibility index (Phi) is 4.93. The molecule has 6 nitrogen and oxygen atoms in total. The molecule has 2 aliphatic heterocycles. The van der Waals surface area contributed by atoms with Crippen molar-refractivity contribution >= 4 is 17.5 Å². The topological polar surface area (TPSA) is 61.9 Å². The summed E-state index contributed by atoms with van der Waals surface area (Å²) in [6.07, 6.45) is 1.35. The van der Waals surface area contributed by atoms with Crippen LogP contribution in [0.5, 0.6) is 0 Å². The molecule has 1 aromatic carbocycles. The lowest BCUT2D eigenvalue weighted by atomic mass is 9.98. The van der Waals surface area contributed by atoms with E-state index in [0.29, 0.717) is 12.0 Å². The highest BCUT2D eigenvalue weighted by Crippen LogP contribution is 2.22. The number of amides is 2.